The van der Waals surface area contributed by atoms with Gasteiger partial charge in [0, 0.05) is 29.7 Å². The summed E-state index contributed by atoms with van der Waals surface area (Å²) in [6.07, 6.45) is -0.0317. The number of hydrogen-bond donors (Lipinski definition) is 1. The van der Waals surface area contributed by atoms with E-state index in [4.69, 9.17) is 14.2 Å². The van der Waals surface area contributed by atoms with E-state index >= 15 is 0 Å². The highest BCUT2D eigenvalue weighted by molar-refractivity contribution is 9.10. The standard InChI is InChI=1S/C42H46BrFN2O7Si/c1-41(2,54(50,31-12-8-6-9-13-31)32-14-10-7-11-15-32)26-38(47)42(3,4)46-39(48)33-24-28(43)16-18-35(33)45(40(46)49)27-37(53-30-20-22-52-23-21-30)34-25-29(44)17-19-36(34)51-5/h6-19,24-25,30,37,50H,20-23,26-27H2,1-5H3/t37-/m0/s1. The minimum atomic E-state index is -3.62. The molecule has 54 heavy (non-hydrogen) atoms. The Morgan fingerprint density at radius 2 is 1.56 bits per heavy atom. The number of nitrogens with zero attached hydrogens (tertiary/aromatic N) is 2. The van der Waals surface area contributed by atoms with Crippen LogP contribution in [0, 0.1) is 5.82 Å². The Morgan fingerprint density at radius 3 is 2.15 bits per heavy atom. The summed E-state index contributed by atoms with van der Waals surface area (Å²) in [5.74, 6) is -0.512. The van der Waals surface area contributed by atoms with Crippen molar-refractivity contribution in [1.82, 2.24) is 9.13 Å². The van der Waals surface area contributed by atoms with E-state index in [-0.39, 0.29) is 24.5 Å². The van der Waals surface area contributed by atoms with Crippen molar-refractivity contribution in [2.45, 2.75) is 76.3 Å². The van der Waals surface area contributed by atoms with Gasteiger partial charge >= 0.3 is 5.69 Å². The minimum absolute atomic E-state index is 0.112. The number of carbonyl (C=O) groups excluding carboxylic acids is 1. The molecule has 0 saturated carbocycles. The molecule has 0 amide bonds. The number of benzene rings is 4. The summed E-state index contributed by atoms with van der Waals surface area (Å²) in [6.45, 7) is 7.77. The van der Waals surface area contributed by atoms with Crippen molar-refractivity contribution in [3.05, 3.63) is 134 Å². The SMILES string of the molecule is COc1ccc(F)cc1[C@H](Cn1c(=O)n(C(C)(C)C(=O)CC(C)(C)[Si](O)(c2ccccc2)c2ccccc2)c(=O)c2cc(Br)ccc21)OC1CCOCC1. The van der Waals surface area contributed by atoms with Crippen molar-refractivity contribution >= 4 is 51.3 Å². The lowest BCUT2D eigenvalue weighted by molar-refractivity contribution is -0.127. The van der Waals surface area contributed by atoms with Gasteiger partial charge in [-0.05, 0) is 78.5 Å². The van der Waals surface area contributed by atoms with E-state index in [1.54, 1.807) is 32.0 Å². The van der Waals surface area contributed by atoms with Crippen LogP contribution in [0.2, 0.25) is 5.04 Å². The Hall–Kier alpha value is -4.20. The lowest BCUT2D eigenvalue weighted by Crippen LogP contribution is -2.66. The molecule has 284 valence electrons. The second-order valence-corrected chi connectivity index (χ2v) is 19.8. The summed E-state index contributed by atoms with van der Waals surface area (Å²) in [4.78, 5) is 56.8. The molecule has 2 heterocycles. The maximum atomic E-state index is 14.9. The van der Waals surface area contributed by atoms with Crippen molar-refractivity contribution < 1.29 is 28.2 Å². The van der Waals surface area contributed by atoms with Crippen LogP contribution in [0.25, 0.3) is 10.9 Å². The second kappa shape index (κ2) is 15.9. The highest BCUT2D eigenvalue weighted by atomic mass is 79.9. The molecule has 0 radical (unpaired) electrons. The van der Waals surface area contributed by atoms with E-state index in [1.807, 2.05) is 74.5 Å². The Morgan fingerprint density at radius 1 is 0.944 bits per heavy atom. The number of carbonyl (C=O) groups is 1. The van der Waals surface area contributed by atoms with Crippen LogP contribution in [0.4, 0.5) is 4.39 Å². The summed E-state index contributed by atoms with van der Waals surface area (Å²) in [5, 5.41) is 0.707. The topological polar surface area (TPSA) is 109 Å². The van der Waals surface area contributed by atoms with Crippen LogP contribution in [0.1, 0.15) is 58.6 Å². The van der Waals surface area contributed by atoms with E-state index < -0.39 is 47.8 Å². The van der Waals surface area contributed by atoms with Crippen LogP contribution in [0.3, 0.4) is 0 Å². The normalized spacial score (nSPS) is 15.0. The fraction of sp³-hybridized carbons (Fsp3) is 0.357. The van der Waals surface area contributed by atoms with Crippen LogP contribution in [-0.4, -0.2) is 54.5 Å². The number of rotatable bonds is 13. The number of Topliss-reactive ketones (excluding diaryl/α,β-unsaturated/α-hetero) is 1. The predicted octanol–water partition coefficient (Wildman–Crippen LogP) is 6.24. The molecule has 1 aliphatic heterocycles. The molecule has 1 fully saturated rings. The molecule has 1 saturated heterocycles. The van der Waals surface area contributed by atoms with E-state index in [0.29, 0.717) is 47.4 Å². The first kappa shape index (κ1) is 39.5. The molecule has 0 unspecified atom stereocenters. The van der Waals surface area contributed by atoms with Gasteiger partial charge in [-0.25, -0.2) is 13.8 Å². The third kappa shape index (κ3) is 7.54. The quantitative estimate of drug-likeness (QED) is 0.140. The van der Waals surface area contributed by atoms with E-state index in [0.717, 1.165) is 14.9 Å². The van der Waals surface area contributed by atoms with Crippen LogP contribution >= 0.6 is 15.9 Å². The second-order valence-electron chi connectivity index (χ2n) is 15.0. The molecule has 0 bridgehead atoms. The number of hydrogen-bond acceptors (Lipinski definition) is 7. The highest BCUT2D eigenvalue weighted by Crippen LogP contribution is 2.41. The first-order valence-corrected chi connectivity index (χ1v) is 20.8. The number of ketones is 1. The zero-order valence-corrected chi connectivity index (χ0v) is 33.8. The van der Waals surface area contributed by atoms with Gasteiger partial charge in [0.2, 0.25) is 0 Å². The maximum Gasteiger partial charge on any atom is 0.332 e. The highest BCUT2D eigenvalue weighted by Gasteiger charge is 2.52. The zero-order valence-electron chi connectivity index (χ0n) is 31.2. The average Bonchev–Trinajstić information content (AvgIpc) is 3.16. The molecule has 0 spiro atoms. The minimum Gasteiger partial charge on any atom is -0.496 e. The van der Waals surface area contributed by atoms with Crippen molar-refractivity contribution in [3.63, 3.8) is 0 Å². The molecule has 6 rings (SSSR count). The Kier molecular flexibility index (Phi) is 11.6. The lowest BCUT2D eigenvalue weighted by atomic mass is 9.91. The summed E-state index contributed by atoms with van der Waals surface area (Å²) < 4.78 is 35.7. The summed E-state index contributed by atoms with van der Waals surface area (Å²) >= 11 is 3.48. The summed E-state index contributed by atoms with van der Waals surface area (Å²) in [6, 6.07) is 27.9. The molecular weight excluding hydrogens is 771 g/mol. The van der Waals surface area contributed by atoms with E-state index in [9.17, 15) is 23.6 Å². The summed E-state index contributed by atoms with van der Waals surface area (Å²) in [7, 11) is -2.14. The monoisotopic (exact) mass is 816 g/mol. The van der Waals surface area contributed by atoms with Gasteiger partial charge in [-0.2, -0.15) is 0 Å². The molecule has 4 aromatic carbocycles. The first-order valence-electron chi connectivity index (χ1n) is 18.1. The molecule has 1 atom stereocenters. The molecule has 1 aromatic heterocycles. The maximum absolute atomic E-state index is 14.9. The Labute approximate surface area is 323 Å². The number of methoxy groups -OCH3 is 1. The van der Waals surface area contributed by atoms with Crippen LogP contribution < -0.4 is 26.4 Å². The summed E-state index contributed by atoms with van der Waals surface area (Å²) in [5.41, 5.74) is -2.27. The van der Waals surface area contributed by atoms with Crippen molar-refractivity contribution in [3.8, 4) is 5.75 Å². The molecule has 1 N–H and O–H groups in total. The third-order valence-corrected chi connectivity index (χ3v) is 15.7. The van der Waals surface area contributed by atoms with Gasteiger partial charge in [-0.15, -0.1) is 0 Å². The average molecular weight is 818 g/mol. The molecule has 1 aliphatic rings. The number of fused-ring (bicyclic) bond motifs is 1. The lowest BCUT2D eigenvalue weighted by Gasteiger charge is -2.42. The van der Waals surface area contributed by atoms with E-state index in [2.05, 4.69) is 15.9 Å². The predicted molar refractivity (Wildman–Crippen MR) is 214 cm³/mol. The molecule has 5 aromatic rings. The number of ether oxygens (including phenoxy) is 3. The van der Waals surface area contributed by atoms with Crippen LogP contribution in [-0.2, 0) is 26.4 Å². The fourth-order valence-electron chi connectivity index (χ4n) is 7.57. The first-order chi connectivity index (χ1) is 25.7. The molecule has 0 aliphatic carbocycles. The van der Waals surface area contributed by atoms with E-state index in [1.165, 1.54) is 29.9 Å². The number of aromatic nitrogens is 2. The Bertz CT molecular complexity index is 2210. The van der Waals surface area contributed by atoms with Crippen LogP contribution in [0.5, 0.6) is 5.75 Å². The fourth-order valence-corrected chi connectivity index (χ4v) is 11.6. The smallest absolute Gasteiger partial charge is 0.332 e. The Balaban J connectivity index is 1.47. The van der Waals surface area contributed by atoms with Crippen molar-refractivity contribution in [2.75, 3.05) is 20.3 Å². The van der Waals surface area contributed by atoms with Gasteiger partial charge in [0.1, 0.15) is 23.2 Å². The van der Waals surface area contributed by atoms with Gasteiger partial charge in [-0.1, -0.05) is 90.4 Å². The van der Waals surface area contributed by atoms with Crippen molar-refractivity contribution in [2.24, 2.45) is 0 Å². The van der Waals surface area contributed by atoms with Gasteiger partial charge in [-0.3, -0.25) is 14.2 Å². The largest absolute Gasteiger partial charge is 0.496 e. The molecular formula is C42H46BrFN2O7Si. The molecule has 12 heteroatoms. The number of halogens is 2. The van der Waals surface area contributed by atoms with Gasteiger partial charge in [0.25, 0.3) is 13.9 Å². The zero-order chi connectivity index (χ0) is 38.8. The van der Waals surface area contributed by atoms with Crippen molar-refractivity contribution in [1.29, 1.82) is 0 Å². The van der Waals surface area contributed by atoms with Gasteiger partial charge in [0.15, 0.2) is 5.78 Å². The van der Waals surface area contributed by atoms with Gasteiger partial charge < -0.3 is 19.0 Å². The third-order valence-electron chi connectivity index (χ3n) is 10.7. The molecule has 9 nitrogen and oxygen atoms in total. The van der Waals surface area contributed by atoms with Gasteiger partial charge in [0.05, 0.1) is 30.7 Å². The van der Waals surface area contributed by atoms with Crippen LogP contribution in [0.15, 0.2) is 111 Å².